The molecule has 0 radical (unpaired) electrons. The van der Waals surface area contributed by atoms with Crippen molar-refractivity contribution in [2.24, 2.45) is 0 Å². The summed E-state index contributed by atoms with van der Waals surface area (Å²) in [6, 6.07) is 13.6. The molecule has 0 N–H and O–H groups in total. The van der Waals surface area contributed by atoms with Crippen LogP contribution >= 0.6 is 23.7 Å². The molecule has 150 valence electrons. The highest BCUT2D eigenvalue weighted by atomic mass is 35.5. The molecule has 1 heterocycles. The number of benzene rings is 2. The number of likely N-dealkylation sites (N-methyl/N-ethyl adjacent to an activating group) is 1. The van der Waals surface area contributed by atoms with Crippen molar-refractivity contribution in [3.8, 4) is 5.75 Å². The normalized spacial score (nSPS) is 10.8. The fraction of sp³-hybridized carbons (Fsp3) is 0.333. The number of aryl methyl sites for hydroxylation is 2. The molecule has 3 rings (SSSR count). The number of nitrogens with zero attached hydrogens (tertiary/aromatic N) is 3. The molecule has 1 aromatic heterocycles. The number of rotatable bonds is 7. The molecule has 0 aliphatic carbocycles. The topological polar surface area (TPSA) is 45.7 Å². The first-order valence-electron chi connectivity index (χ1n) is 8.95. The van der Waals surface area contributed by atoms with E-state index in [9.17, 15) is 4.79 Å². The summed E-state index contributed by atoms with van der Waals surface area (Å²) >= 11 is 1.55. The van der Waals surface area contributed by atoms with Crippen molar-refractivity contribution < 1.29 is 9.53 Å². The lowest BCUT2D eigenvalue weighted by Crippen LogP contribution is -2.39. The number of halogens is 1. The number of carbonyl (C=O) groups excluding carboxylic acids is 1. The third-order valence-electron chi connectivity index (χ3n) is 4.48. The molecule has 1 amide bonds. The zero-order chi connectivity index (χ0) is 19.4. The second-order valence-corrected chi connectivity index (χ2v) is 7.81. The van der Waals surface area contributed by atoms with Gasteiger partial charge in [0, 0.05) is 13.1 Å². The molecule has 0 saturated carbocycles. The minimum absolute atomic E-state index is 0. The van der Waals surface area contributed by atoms with Crippen LogP contribution in [0.4, 0.5) is 5.13 Å². The van der Waals surface area contributed by atoms with Gasteiger partial charge in [-0.2, -0.15) is 0 Å². The van der Waals surface area contributed by atoms with Crippen LogP contribution in [0.2, 0.25) is 0 Å². The standard InChI is InChI=1S/C21H25N3O2S.ClH/c1-15-10-11-18-20(16(15)2)22-21(27-18)24(13-12-23(3)4)19(25)14-26-17-8-6-5-7-9-17;/h5-11H,12-14H2,1-4H3;1H. The fourth-order valence-corrected chi connectivity index (χ4v) is 3.76. The molecule has 0 saturated heterocycles. The predicted octanol–water partition coefficient (Wildman–Crippen LogP) is 4.31. The summed E-state index contributed by atoms with van der Waals surface area (Å²) in [7, 11) is 3.99. The number of para-hydroxylation sites is 1. The third kappa shape index (κ3) is 5.22. The van der Waals surface area contributed by atoms with Crippen LogP contribution in [0.25, 0.3) is 10.2 Å². The highest BCUT2D eigenvalue weighted by Gasteiger charge is 2.21. The van der Waals surface area contributed by atoms with Gasteiger partial charge in [0.25, 0.3) is 5.91 Å². The maximum atomic E-state index is 12.9. The number of anilines is 1. The van der Waals surface area contributed by atoms with Crippen LogP contribution in [-0.4, -0.2) is 49.6 Å². The Morgan fingerprint density at radius 1 is 1.07 bits per heavy atom. The van der Waals surface area contributed by atoms with E-state index in [-0.39, 0.29) is 24.9 Å². The van der Waals surface area contributed by atoms with Gasteiger partial charge in [-0.3, -0.25) is 9.69 Å². The second kappa shape index (κ2) is 9.87. The summed E-state index contributed by atoms with van der Waals surface area (Å²) < 4.78 is 6.76. The maximum Gasteiger partial charge on any atom is 0.266 e. The van der Waals surface area contributed by atoms with E-state index in [1.165, 1.54) is 5.56 Å². The molecule has 0 unspecified atom stereocenters. The summed E-state index contributed by atoms with van der Waals surface area (Å²) in [5.41, 5.74) is 3.34. The summed E-state index contributed by atoms with van der Waals surface area (Å²) in [6.07, 6.45) is 0. The lowest BCUT2D eigenvalue weighted by molar-refractivity contribution is -0.120. The van der Waals surface area contributed by atoms with Crippen LogP contribution in [0, 0.1) is 13.8 Å². The van der Waals surface area contributed by atoms with Crippen molar-refractivity contribution in [2.45, 2.75) is 13.8 Å². The van der Waals surface area contributed by atoms with Crippen LogP contribution in [-0.2, 0) is 4.79 Å². The van der Waals surface area contributed by atoms with Gasteiger partial charge in [-0.05, 0) is 57.3 Å². The van der Waals surface area contributed by atoms with Crippen LogP contribution in [0.3, 0.4) is 0 Å². The molecule has 0 aliphatic rings. The maximum absolute atomic E-state index is 12.9. The largest absolute Gasteiger partial charge is 0.484 e. The van der Waals surface area contributed by atoms with Gasteiger partial charge in [-0.25, -0.2) is 4.98 Å². The highest BCUT2D eigenvalue weighted by molar-refractivity contribution is 7.22. The Balaban J connectivity index is 0.00000280. The van der Waals surface area contributed by atoms with E-state index in [1.54, 1.807) is 16.2 Å². The van der Waals surface area contributed by atoms with Crippen molar-refractivity contribution in [3.05, 3.63) is 53.6 Å². The van der Waals surface area contributed by atoms with Gasteiger partial charge < -0.3 is 9.64 Å². The zero-order valence-corrected chi connectivity index (χ0v) is 18.3. The average Bonchev–Trinajstić information content (AvgIpc) is 3.08. The van der Waals surface area contributed by atoms with E-state index in [0.29, 0.717) is 12.3 Å². The number of carbonyl (C=O) groups is 1. The van der Waals surface area contributed by atoms with E-state index in [2.05, 4.69) is 30.9 Å². The van der Waals surface area contributed by atoms with E-state index in [4.69, 9.17) is 9.72 Å². The van der Waals surface area contributed by atoms with Crippen molar-refractivity contribution in [1.29, 1.82) is 0 Å². The van der Waals surface area contributed by atoms with Crippen molar-refractivity contribution in [1.82, 2.24) is 9.88 Å². The number of hydrogen-bond donors (Lipinski definition) is 0. The van der Waals surface area contributed by atoms with Crippen molar-refractivity contribution in [2.75, 3.05) is 38.7 Å². The number of ether oxygens (including phenoxy) is 1. The first-order valence-corrected chi connectivity index (χ1v) is 9.77. The molecule has 3 aromatic rings. The Morgan fingerprint density at radius 2 is 1.79 bits per heavy atom. The van der Waals surface area contributed by atoms with Crippen LogP contribution in [0.1, 0.15) is 11.1 Å². The number of hydrogen-bond acceptors (Lipinski definition) is 5. The van der Waals surface area contributed by atoms with Gasteiger partial charge in [0.05, 0.1) is 10.2 Å². The monoisotopic (exact) mass is 419 g/mol. The van der Waals surface area contributed by atoms with Crippen molar-refractivity contribution in [3.63, 3.8) is 0 Å². The average molecular weight is 420 g/mol. The van der Waals surface area contributed by atoms with Crippen LogP contribution < -0.4 is 9.64 Å². The SMILES string of the molecule is Cc1ccc2sc(N(CCN(C)C)C(=O)COc3ccccc3)nc2c1C.Cl. The van der Waals surface area contributed by atoms with Gasteiger partial charge in [0.15, 0.2) is 11.7 Å². The quantitative estimate of drug-likeness (QED) is 0.572. The number of fused-ring (bicyclic) bond motifs is 1. The summed E-state index contributed by atoms with van der Waals surface area (Å²) in [5, 5.41) is 0.724. The molecule has 2 aromatic carbocycles. The Hall–Kier alpha value is -2.15. The summed E-state index contributed by atoms with van der Waals surface area (Å²) in [6.45, 7) is 5.47. The van der Waals surface area contributed by atoms with E-state index < -0.39 is 0 Å². The molecular formula is C21H26ClN3O2S. The summed E-state index contributed by atoms with van der Waals surface area (Å²) in [4.78, 5) is 21.5. The first kappa shape index (κ1) is 22.1. The molecular weight excluding hydrogens is 394 g/mol. The molecule has 5 nitrogen and oxygen atoms in total. The zero-order valence-electron chi connectivity index (χ0n) is 16.6. The van der Waals surface area contributed by atoms with Gasteiger partial charge >= 0.3 is 0 Å². The molecule has 0 spiro atoms. The number of aromatic nitrogens is 1. The van der Waals surface area contributed by atoms with Gasteiger partial charge in [0.1, 0.15) is 5.75 Å². The van der Waals surface area contributed by atoms with Crippen molar-refractivity contribution >= 4 is 45.0 Å². The molecule has 0 aliphatic heterocycles. The number of amides is 1. The predicted molar refractivity (Wildman–Crippen MR) is 119 cm³/mol. The minimum atomic E-state index is -0.0888. The molecule has 28 heavy (non-hydrogen) atoms. The Labute approximate surface area is 176 Å². The third-order valence-corrected chi connectivity index (χ3v) is 5.53. The van der Waals surface area contributed by atoms with Crippen LogP contribution in [0.15, 0.2) is 42.5 Å². The van der Waals surface area contributed by atoms with Gasteiger partial charge in [-0.15, -0.1) is 12.4 Å². The molecule has 7 heteroatoms. The van der Waals surface area contributed by atoms with E-state index in [1.807, 2.05) is 44.4 Å². The van der Waals surface area contributed by atoms with E-state index >= 15 is 0 Å². The van der Waals surface area contributed by atoms with Crippen LogP contribution in [0.5, 0.6) is 5.75 Å². The minimum Gasteiger partial charge on any atom is -0.484 e. The smallest absolute Gasteiger partial charge is 0.266 e. The Kier molecular flexibility index (Phi) is 7.80. The molecule has 0 atom stereocenters. The second-order valence-electron chi connectivity index (χ2n) is 6.80. The first-order chi connectivity index (χ1) is 13.0. The lowest BCUT2D eigenvalue weighted by Gasteiger charge is -2.22. The fourth-order valence-electron chi connectivity index (χ4n) is 2.70. The van der Waals surface area contributed by atoms with Gasteiger partial charge in [0.2, 0.25) is 0 Å². The Morgan fingerprint density at radius 3 is 2.46 bits per heavy atom. The van der Waals surface area contributed by atoms with Gasteiger partial charge in [-0.1, -0.05) is 35.6 Å². The molecule has 0 bridgehead atoms. The Bertz CT molecular complexity index is 928. The number of thiazole rings is 1. The van der Waals surface area contributed by atoms with E-state index in [0.717, 1.165) is 27.5 Å². The highest BCUT2D eigenvalue weighted by Crippen LogP contribution is 2.32. The lowest BCUT2D eigenvalue weighted by atomic mass is 10.1. The molecule has 0 fully saturated rings. The summed E-state index contributed by atoms with van der Waals surface area (Å²) in [5.74, 6) is 0.600.